The number of hydrogen-bond acceptors (Lipinski definition) is 2. The average Bonchev–Trinajstić information content (AvgIpc) is 3.28. The van der Waals surface area contributed by atoms with Crippen molar-refractivity contribution in [1.29, 1.82) is 0 Å². The minimum absolute atomic E-state index is 0.445. The quantitative estimate of drug-likeness (QED) is 0.263. The molecule has 0 heterocycles. The molecule has 0 radical (unpaired) electrons. The highest BCUT2D eigenvalue weighted by molar-refractivity contribution is 8.25. The minimum Gasteiger partial charge on any atom is -0.0920 e. The van der Waals surface area contributed by atoms with E-state index in [9.17, 15) is 0 Å². The molecule has 0 fully saturated rings. The smallest absolute Gasteiger partial charge is 0.0385 e. The van der Waals surface area contributed by atoms with Crippen LogP contribution in [0.15, 0.2) is 84.9 Å². The zero-order valence-corrected chi connectivity index (χ0v) is 23.8. The fourth-order valence-corrected chi connectivity index (χ4v) is 13.5. The first kappa shape index (κ1) is 24.1. The molecule has 0 saturated heterocycles. The lowest BCUT2D eigenvalue weighted by atomic mass is 10.1. The summed E-state index contributed by atoms with van der Waals surface area (Å²) in [7, 11) is 0. The van der Waals surface area contributed by atoms with E-state index in [-0.39, 0.29) is 0 Å². The van der Waals surface area contributed by atoms with Crippen LogP contribution < -0.4 is 21.2 Å². The zero-order chi connectivity index (χ0) is 24.1. The molecule has 0 bridgehead atoms. The lowest BCUT2D eigenvalue weighted by Crippen LogP contribution is -2.29. The molecular formula is C30H32P2S2. The summed E-state index contributed by atoms with van der Waals surface area (Å²) in [5.41, 5.74) is 3.82. The molecule has 5 rings (SSSR count). The topological polar surface area (TPSA) is 0 Å². The third-order valence-electron chi connectivity index (χ3n) is 7.44. The molecule has 0 aliphatic heterocycles. The average molecular weight is 519 g/mol. The zero-order valence-electron chi connectivity index (χ0n) is 20.4. The molecule has 0 atom stereocenters. The van der Waals surface area contributed by atoms with Gasteiger partial charge in [0.25, 0.3) is 0 Å². The van der Waals surface area contributed by atoms with Gasteiger partial charge in [-0.3, -0.25) is 0 Å². The lowest BCUT2D eigenvalue weighted by molar-refractivity contribution is 1.02. The Morgan fingerprint density at radius 1 is 0.559 bits per heavy atom. The maximum absolute atomic E-state index is 6.84. The molecule has 4 aromatic carbocycles. The molecule has 0 nitrogen and oxygen atoms in total. The minimum atomic E-state index is -2.29. The molecule has 0 unspecified atom stereocenters. The van der Waals surface area contributed by atoms with E-state index < -0.39 is 12.1 Å². The van der Waals surface area contributed by atoms with Gasteiger partial charge in [0.2, 0.25) is 0 Å². The predicted octanol–water partition coefficient (Wildman–Crippen LogP) is 6.62. The van der Waals surface area contributed by atoms with Gasteiger partial charge in [-0.25, -0.2) is 0 Å². The van der Waals surface area contributed by atoms with Gasteiger partial charge in [0.1, 0.15) is 0 Å². The third kappa shape index (κ3) is 3.61. The number of benzene rings is 4. The van der Waals surface area contributed by atoms with E-state index in [0.29, 0.717) is 11.3 Å². The highest BCUT2D eigenvalue weighted by Gasteiger charge is 2.35. The van der Waals surface area contributed by atoms with Crippen LogP contribution in [0.25, 0.3) is 10.8 Å². The molecule has 174 valence electrons. The molecule has 0 spiro atoms. The highest BCUT2D eigenvalue weighted by atomic mass is 32.4. The van der Waals surface area contributed by atoms with E-state index in [2.05, 4.69) is 113 Å². The Balaban J connectivity index is 1.97. The van der Waals surface area contributed by atoms with Crippen molar-refractivity contribution in [2.24, 2.45) is 0 Å². The van der Waals surface area contributed by atoms with Crippen LogP contribution in [0.4, 0.5) is 0 Å². The summed E-state index contributed by atoms with van der Waals surface area (Å²) >= 11 is 13.5. The van der Waals surface area contributed by atoms with E-state index >= 15 is 0 Å². The first-order valence-corrected chi connectivity index (χ1v) is 17.9. The van der Waals surface area contributed by atoms with Gasteiger partial charge in [0.15, 0.2) is 0 Å². The van der Waals surface area contributed by atoms with Gasteiger partial charge < -0.3 is 0 Å². The standard InChI is InChI=1S/C30H32P2S2/c1-21(2)31(33,22(3)4)27-19-17-23-15-16-24-18-20-28(30(27)29(23)24)32(34,25-11-7-5-8-12-25)26-13-9-6-10-14-26/h5-14,17-22H,15-16H2,1-4H3. The van der Waals surface area contributed by atoms with Gasteiger partial charge in [-0.15, -0.1) is 0 Å². The molecule has 0 saturated carbocycles. The fourth-order valence-electron chi connectivity index (χ4n) is 5.70. The lowest BCUT2D eigenvalue weighted by Gasteiger charge is -2.34. The van der Waals surface area contributed by atoms with Crippen LogP contribution in [0.3, 0.4) is 0 Å². The third-order valence-corrected chi connectivity index (χ3v) is 19.7. The van der Waals surface area contributed by atoms with Gasteiger partial charge in [-0.2, -0.15) is 0 Å². The van der Waals surface area contributed by atoms with Crippen molar-refractivity contribution in [3.8, 4) is 0 Å². The molecule has 1 aliphatic carbocycles. The first-order valence-electron chi connectivity index (χ1n) is 12.2. The van der Waals surface area contributed by atoms with Gasteiger partial charge >= 0.3 is 0 Å². The largest absolute Gasteiger partial charge is 0.0920 e. The van der Waals surface area contributed by atoms with Crippen LogP contribution in [0, 0.1) is 0 Å². The molecular weight excluding hydrogens is 486 g/mol. The van der Waals surface area contributed by atoms with Crippen LogP contribution >= 0.6 is 12.1 Å². The van der Waals surface area contributed by atoms with Crippen molar-refractivity contribution in [1.82, 2.24) is 0 Å². The molecule has 4 heteroatoms. The van der Waals surface area contributed by atoms with Crippen LogP contribution in [0.2, 0.25) is 0 Å². The van der Waals surface area contributed by atoms with Gasteiger partial charge in [-0.05, 0) is 68.0 Å². The molecule has 0 aromatic heterocycles. The van der Waals surface area contributed by atoms with Crippen molar-refractivity contribution in [3.63, 3.8) is 0 Å². The van der Waals surface area contributed by atoms with E-state index in [1.165, 1.54) is 43.1 Å². The first-order chi connectivity index (χ1) is 16.3. The summed E-state index contributed by atoms with van der Waals surface area (Å²) in [6.45, 7) is 9.31. The van der Waals surface area contributed by atoms with E-state index in [1.54, 1.807) is 0 Å². The maximum atomic E-state index is 6.84. The van der Waals surface area contributed by atoms with Crippen molar-refractivity contribution < 1.29 is 0 Å². The summed E-state index contributed by atoms with van der Waals surface area (Å²) in [4.78, 5) is 0. The van der Waals surface area contributed by atoms with Crippen molar-refractivity contribution >= 4 is 67.7 Å². The second-order valence-electron chi connectivity index (χ2n) is 9.91. The Hall–Kier alpha value is -1.56. The van der Waals surface area contributed by atoms with Gasteiger partial charge in [0, 0.05) is 11.3 Å². The SMILES string of the molecule is CC(C)P(=S)(c1ccc2c3c(ccc(P(=S)(c4ccccc4)c4ccccc4)c13)CC2)C(C)C. The number of hydrogen-bond donors (Lipinski definition) is 0. The van der Waals surface area contributed by atoms with Crippen LogP contribution in [0.1, 0.15) is 38.8 Å². The normalized spacial score (nSPS) is 13.8. The van der Waals surface area contributed by atoms with Crippen LogP contribution in [-0.2, 0) is 36.5 Å². The number of aryl methyl sites for hydroxylation is 2. The van der Waals surface area contributed by atoms with Gasteiger partial charge in [-0.1, -0.05) is 136 Å². The fraction of sp³-hybridized carbons (Fsp3) is 0.267. The van der Waals surface area contributed by atoms with E-state index in [1.807, 2.05) is 0 Å². The summed E-state index contributed by atoms with van der Waals surface area (Å²) in [5.74, 6) is 0. The maximum Gasteiger partial charge on any atom is 0.0385 e. The molecule has 1 aliphatic rings. The van der Waals surface area contributed by atoms with Crippen LogP contribution in [0.5, 0.6) is 0 Å². The molecule has 34 heavy (non-hydrogen) atoms. The van der Waals surface area contributed by atoms with Gasteiger partial charge in [0.05, 0.1) is 0 Å². The Kier molecular flexibility index (Phi) is 6.50. The van der Waals surface area contributed by atoms with E-state index in [4.69, 9.17) is 23.6 Å². The highest BCUT2D eigenvalue weighted by Crippen LogP contribution is 2.57. The van der Waals surface area contributed by atoms with Crippen molar-refractivity contribution in [3.05, 3.63) is 96.1 Å². The predicted molar refractivity (Wildman–Crippen MR) is 162 cm³/mol. The number of rotatable bonds is 6. The second kappa shape index (κ2) is 9.15. The molecule has 4 aromatic rings. The Morgan fingerprint density at radius 2 is 1.00 bits per heavy atom. The van der Waals surface area contributed by atoms with Crippen LogP contribution in [-0.4, -0.2) is 11.3 Å². The summed E-state index contributed by atoms with van der Waals surface area (Å²) in [6.07, 6.45) is 2.22. The monoisotopic (exact) mass is 518 g/mol. The van der Waals surface area contributed by atoms with E-state index in [0.717, 1.165) is 12.8 Å². The molecule has 0 N–H and O–H groups in total. The Morgan fingerprint density at radius 3 is 1.44 bits per heavy atom. The van der Waals surface area contributed by atoms with Crippen molar-refractivity contribution in [2.75, 3.05) is 0 Å². The molecule has 0 amide bonds. The Bertz CT molecular complexity index is 1390. The van der Waals surface area contributed by atoms with Crippen molar-refractivity contribution in [2.45, 2.75) is 51.9 Å². The summed E-state index contributed by atoms with van der Waals surface area (Å²) in [5, 5.41) is 8.09. The second-order valence-corrected chi connectivity index (χ2v) is 20.1. The summed E-state index contributed by atoms with van der Waals surface area (Å²) in [6, 6.07) is 27.0. The Labute approximate surface area is 214 Å². The summed E-state index contributed by atoms with van der Waals surface area (Å²) < 4.78 is 0.